The van der Waals surface area contributed by atoms with Gasteiger partial charge in [-0.05, 0) is 49.7 Å². The van der Waals surface area contributed by atoms with Crippen LogP contribution < -0.4 is 10.6 Å². The first kappa shape index (κ1) is 26.0. The normalized spacial score (nSPS) is 18.1. The number of benzene rings is 1. The van der Waals surface area contributed by atoms with Crippen molar-refractivity contribution < 1.29 is 18.0 Å². The Kier molecular flexibility index (Phi) is 8.18. The third kappa shape index (κ3) is 6.19. The lowest BCUT2D eigenvalue weighted by Gasteiger charge is -2.29. The van der Waals surface area contributed by atoms with Crippen LogP contribution in [-0.2, 0) is 12.6 Å². The first-order valence-corrected chi connectivity index (χ1v) is 12.5. The van der Waals surface area contributed by atoms with Gasteiger partial charge in [0.2, 0.25) is 0 Å². The van der Waals surface area contributed by atoms with Crippen molar-refractivity contribution >= 4 is 23.3 Å². The summed E-state index contributed by atoms with van der Waals surface area (Å²) in [5.74, 6) is 0.649. The summed E-state index contributed by atoms with van der Waals surface area (Å²) in [7, 11) is 0. The summed E-state index contributed by atoms with van der Waals surface area (Å²) >= 11 is 5.90. The topological polar surface area (TPSA) is 82.7 Å². The van der Waals surface area contributed by atoms with Crippen LogP contribution in [0.4, 0.5) is 19.0 Å². The molecule has 0 saturated heterocycles. The van der Waals surface area contributed by atoms with E-state index in [1.54, 1.807) is 0 Å². The SMILES string of the molecule is CCCc1c(NCC2CCC(NC(=O)c3cc(C(F)(F)F)cnc3Cl)CC2)n[nH]c1-c1ccccc1. The van der Waals surface area contributed by atoms with Crippen LogP contribution >= 0.6 is 11.6 Å². The first-order chi connectivity index (χ1) is 17.3. The van der Waals surface area contributed by atoms with Crippen LogP contribution in [0.25, 0.3) is 11.3 Å². The molecule has 1 aromatic carbocycles. The van der Waals surface area contributed by atoms with Crippen molar-refractivity contribution in [3.05, 3.63) is 64.4 Å². The Morgan fingerprint density at radius 1 is 1.17 bits per heavy atom. The molecule has 4 rings (SSSR count). The van der Waals surface area contributed by atoms with Gasteiger partial charge in [-0.1, -0.05) is 55.3 Å². The fourth-order valence-corrected chi connectivity index (χ4v) is 4.81. The maximum absolute atomic E-state index is 13.0. The van der Waals surface area contributed by atoms with Gasteiger partial charge in [0.15, 0.2) is 5.82 Å². The monoisotopic (exact) mass is 519 g/mol. The fourth-order valence-electron chi connectivity index (χ4n) is 4.63. The summed E-state index contributed by atoms with van der Waals surface area (Å²) in [6.45, 7) is 2.91. The largest absolute Gasteiger partial charge is 0.417 e. The molecular formula is C26H29ClF3N5O. The number of carbonyl (C=O) groups is 1. The van der Waals surface area contributed by atoms with Crippen molar-refractivity contribution in [2.45, 2.75) is 57.7 Å². The van der Waals surface area contributed by atoms with Gasteiger partial charge in [-0.25, -0.2) is 4.98 Å². The molecule has 0 spiro atoms. The van der Waals surface area contributed by atoms with E-state index in [0.29, 0.717) is 12.1 Å². The van der Waals surface area contributed by atoms with E-state index >= 15 is 0 Å². The standard InChI is InChI=1S/C26H29ClF3N5O/c1-2-6-20-22(17-7-4-3-5-8-17)34-35-24(20)32-14-16-9-11-19(12-10-16)33-25(36)21-13-18(26(28,29)30)15-31-23(21)27/h3-5,7-8,13,15-16,19H,2,6,9-12,14H2,1H3,(H,33,36)(H2,32,34,35). The number of alkyl halides is 3. The second kappa shape index (κ2) is 11.3. The summed E-state index contributed by atoms with van der Waals surface area (Å²) in [5.41, 5.74) is 2.06. The Balaban J connectivity index is 1.31. The molecule has 36 heavy (non-hydrogen) atoms. The highest BCUT2D eigenvalue weighted by molar-refractivity contribution is 6.32. The van der Waals surface area contributed by atoms with Gasteiger partial charge in [0.1, 0.15) is 5.15 Å². The molecule has 0 atom stereocenters. The number of hydrogen-bond acceptors (Lipinski definition) is 4. The number of amides is 1. The number of carbonyl (C=O) groups excluding carboxylic acids is 1. The summed E-state index contributed by atoms with van der Waals surface area (Å²) in [6, 6.07) is 10.8. The van der Waals surface area contributed by atoms with Gasteiger partial charge in [0, 0.05) is 24.3 Å². The second-order valence-electron chi connectivity index (χ2n) is 9.17. The third-order valence-corrected chi connectivity index (χ3v) is 6.88. The number of nitrogens with one attached hydrogen (secondary N) is 3. The van der Waals surface area contributed by atoms with Gasteiger partial charge in [-0.15, -0.1) is 0 Å². The van der Waals surface area contributed by atoms with Crippen LogP contribution in [0.5, 0.6) is 0 Å². The highest BCUT2D eigenvalue weighted by atomic mass is 35.5. The predicted octanol–water partition coefficient (Wildman–Crippen LogP) is 6.50. The molecule has 6 nitrogen and oxygen atoms in total. The molecule has 192 valence electrons. The van der Waals surface area contributed by atoms with Gasteiger partial charge >= 0.3 is 6.18 Å². The number of nitrogens with zero attached hydrogens (tertiary/aromatic N) is 2. The molecule has 1 aliphatic rings. The van der Waals surface area contributed by atoms with Crippen molar-refractivity contribution in [2.75, 3.05) is 11.9 Å². The minimum atomic E-state index is -4.59. The van der Waals surface area contributed by atoms with Crippen molar-refractivity contribution in [1.29, 1.82) is 0 Å². The lowest BCUT2D eigenvalue weighted by Crippen LogP contribution is -2.38. The zero-order valence-electron chi connectivity index (χ0n) is 20.0. The fraction of sp³-hybridized carbons (Fsp3) is 0.423. The summed E-state index contributed by atoms with van der Waals surface area (Å²) in [5, 5.41) is 13.8. The highest BCUT2D eigenvalue weighted by Crippen LogP contribution is 2.32. The molecule has 1 amide bonds. The summed E-state index contributed by atoms with van der Waals surface area (Å²) in [4.78, 5) is 16.1. The Bertz CT molecular complexity index is 1170. The number of aromatic nitrogens is 3. The van der Waals surface area contributed by atoms with E-state index in [4.69, 9.17) is 11.6 Å². The average Bonchev–Trinajstić information content (AvgIpc) is 3.26. The van der Waals surface area contributed by atoms with Gasteiger partial charge in [-0.2, -0.15) is 18.3 Å². The maximum atomic E-state index is 13.0. The predicted molar refractivity (Wildman–Crippen MR) is 134 cm³/mol. The molecule has 10 heteroatoms. The van der Waals surface area contributed by atoms with E-state index in [9.17, 15) is 18.0 Å². The molecule has 2 heterocycles. The van der Waals surface area contributed by atoms with E-state index in [0.717, 1.165) is 68.2 Å². The minimum absolute atomic E-state index is 0.120. The van der Waals surface area contributed by atoms with E-state index in [2.05, 4.69) is 44.9 Å². The molecule has 1 fully saturated rings. The Morgan fingerprint density at radius 3 is 2.56 bits per heavy atom. The number of pyridine rings is 1. The van der Waals surface area contributed by atoms with Crippen LogP contribution in [0.3, 0.4) is 0 Å². The molecule has 0 bridgehead atoms. The van der Waals surface area contributed by atoms with Crippen LogP contribution in [0.1, 0.15) is 60.5 Å². The Hall–Kier alpha value is -3.07. The number of halogens is 4. The van der Waals surface area contributed by atoms with Crippen LogP contribution in [0, 0.1) is 5.92 Å². The van der Waals surface area contributed by atoms with Crippen molar-refractivity contribution in [3.63, 3.8) is 0 Å². The first-order valence-electron chi connectivity index (χ1n) is 12.2. The number of anilines is 1. The van der Waals surface area contributed by atoms with E-state index in [1.807, 2.05) is 18.2 Å². The Labute approximate surface area is 213 Å². The van der Waals surface area contributed by atoms with E-state index in [1.165, 1.54) is 5.56 Å². The van der Waals surface area contributed by atoms with Crippen LogP contribution in [-0.4, -0.2) is 33.7 Å². The molecular weight excluding hydrogens is 491 g/mol. The van der Waals surface area contributed by atoms with Crippen LogP contribution in [0.2, 0.25) is 5.15 Å². The average molecular weight is 520 g/mol. The lowest BCUT2D eigenvalue weighted by molar-refractivity contribution is -0.137. The molecule has 0 aliphatic heterocycles. The van der Waals surface area contributed by atoms with Gasteiger partial charge in [-0.3, -0.25) is 9.89 Å². The van der Waals surface area contributed by atoms with Crippen molar-refractivity contribution in [1.82, 2.24) is 20.5 Å². The number of hydrogen-bond donors (Lipinski definition) is 3. The Morgan fingerprint density at radius 2 is 1.89 bits per heavy atom. The zero-order chi connectivity index (χ0) is 25.7. The van der Waals surface area contributed by atoms with E-state index < -0.39 is 17.6 Å². The summed E-state index contributed by atoms with van der Waals surface area (Å²) in [6.07, 6.45) is 1.19. The van der Waals surface area contributed by atoms with Gasteiger partial charge in [0.25, 0.3) is 5.91 Å². The van der Waals surface area contributed by atoms with E-state index in [-0.39, 0.29) is 16.8 Å². The smallest absolute Gasteiger partial charge is 0.368 e. The molecule has 0 radical (unpaired) electrons. The number of rotatable bonds is 8. The molecule has 3 aromatic rings. The van der Waals surface area contributed by atoms with Gasteiger partial charge in [0.05, 0.1) is 16.8 Å². The maximum Gasteiger partial charge on any atom is 0.417 e. The van der Waals surface area contributed by atoms with Crippen molar-refractivity contribution in [3.8, 4) is 11.3 Å². The molecule has 1 saturated carbocycles. The molecule has 0 unspecified atom stereocenters. The van der Waals surface area contributed by atoms with Crippen LogP contribution in [0.15, 0.2) is 42.6 Å². The van der Waals surface area contributed by atoms with Crippen molar-refractivity contribution in [2.24, 2.45) is 5.92 Å². The number of aromatic amines is 1. The lowest BCUT2D eigenvalue weighted by atomic mass is 9.86. The molecule has 3 N–H and O–H groups in total. The second-order valence-corrected chi connectivity index (χ2v) is 9.53. The molecule has 2 aromatic heterocycles. The minimum Gasteiger partial charge on any atom is -0.368 e. The third-order valence-electron chi connectivity index (χ3n) is 6.58. The zero-order valence-corrected chi connectivity index (χ0v) is 20.7. The molecule has 1 aliphatic carbocycles. The quantitative estimate of drug-likeness (QED) is 0.297. The highest BCUT2D eigenvalue weighted by Gasteiger charge is 2.33. The number of H-pyrrole nitrogens is 1. The van der Waals surface area contributed by atoms with Gasteiger partial charge < -0.3 is 10.6 Å². The summed E-state index contributed by atoms with van der Waals surface area (Å²) < 4.78 is 39.0.